The molecule has 2 fully saturated rings. The number of hydrogen-bond acceptors (Lipinski definition) is 8. The van der Waals surface area contributed by atoms with Gasteiger partial charge in [-0.15, -0.1) is 0 Å². The topological polar surface area (TPSA) is 122 Å². The lowest BCUT2D eigenvalue weighted by atomic mass is 9.90. The number of likely N-dealkylation sites (tertiary alicyclic amines) is 1. The second-order valence-electron chi connectivity index (χ2n) is 10.0. The number of nitrogens with one attached hydrogen (secondary N) is 1. The summed E-state index contributed by atoms with van der Waals surface area (Å²) < 4.78 is 34.1. The molecule has 0 aromatic heterocycles. The van der Waals surface area contributed by atoms with Crippen LogP contribution in [0.5, 0.6) is 0 Å². The number of morpholine rings is 1. The number of amides is 1. The molecule has 3 aliphatic heterocycles. The van der Waals surface area contributed by atoms with E-state index in [4.69, 9.17) is 16.2 Å². The van der Waals surface area contributed by atoms with Crippen molar-refractivity contribution in [3.05, 3.63) is 0 Å². The minimum absolute atomic E-state index is 0.289. The van der Waals surface area contributed by atoms with E-state index in [0.29, 0.717) is 12.3 Å². The largest absolute Gasteiger partial charge is 0.379 e. The predicted octanol–water partition coefficient (Wildman–Crippen LogP) is 0.374. The van der Waals surface area contributed by atoms with Crippen LogP contribution in [0.2, 0.25) is 0 Å². The molecule has 3 heterocycles. The molecule has 3 rings (SSSR count). The van der Waals surface area contributed by atoms with E-state index >= 15 is 4.39 Å². The molecule has 6 atom stereocenters. The summed E-state index contributed by atoms with van der Waals surface area (Å²) in [6, 6.07) is -1.60. The molecule has 6 unspecified atom stereocenters. The molecule has 2 saturated heterocycles. The third-order valence-corrected chi connectivity index (χ3v) is 7.42. The van der Waals surface area contributed by atoms with Crippen molar-refractivity contribution in [3.8, 4) is 0 Å². The highest BCUT2D eigenvalue weighted by atomic mass is 19.1. The fraction of sp³-hybridized carbons (Fsp3) is 0.875. The van der Waals surface area contributed by atoms with E-state index < -0.39 is 48.5 Å². The Labute approximate surface area is 207 Å². The number of carbonyl (C=O) groups excluding carboxylic acids is 1. The van der Waals surface area contributed by atoms with Gasteiger partial charge in [-0.25, -0.2) is 8.78 Å². The summed E-state index contributed by atoms with van der Waals surface area (Å²) in [6.07, 6.45) is 1.37. The maximum Gasteiger partial charge on any atom is 0.228 e. The first kappa shape index (κ1) is 28.0. The average Bonchev–Trinajstić information content (AvgIpc) is 2.84. The summed E-state index contributed by atoms with van der Waals surface area (Å²) in [5, 5.41) is 2.95. The zero-order chi connectivity index (χ0) is 25.4. The molecule has 200 valence electrons. The minimum atomic E-state index is -1.28. The highest BCUT2D eigenvalue weighted by Crippen LogP contribution is 2.25. The van der Waals surface area contributed by atoms with Gasteiger partial charge in [0.15, 0.2) is 6.17 Å². The van der Waals surface area contributed by atoms with Crippen molar-refractivity contribution in [2.24, 2.45) is 33.3 Å². The van der Waals surface area contributed by atoms with Crippen LogP contribution in [0.3, 0.4) is 0 Å². The lowest BCUT2D eigenvalue weighted by Gasteiger charge is -2.44. The molecule has 3 aliphatic rings. The number of rotatable bonds is 10. The van der Waals surface area contributed by atoms with Crippen LogP contribution in [0.15, 0.2) is 9.98 Å². The molecule has 0 aromatic rings. The number of ether oxygens (including phenoxy) is 1. The molecule has 0 bridgehead atoms. The molecule has 0 saturated carbocycles. The van der Waals surface area contributed by atoms with Crippen molar-refractivity contribution in [1.29, 1.82) is 0 Å². The number of carbonyl (C=O) groups is 1. The molecule has 0 spiro atoms. The molecule has 11 heteroatoms. The van der Waals surface area contributed by atoms with E-state index in [-0.39, 0.29) is 6.54 Å². The summed E-state index contributed by atoms with van der Waals surface area (Å²) in [5.74, 6) is -0.689. The maximum atomic E-state index is 15.1. The first-order chi connectivity index (χ1) is 16.8. The Morgan fingerprint density at radius 3 is 2.60 bits per heavy atom. The Morgan fingerprint density at radius 1 is 1.29 bits per heavy atom. The zero-order valence-electron chi connectivity index (χ0n) is 21.1. The fourth-order valence-corrected chi connectivity index (χ4v) is 5.28. The zero-order valence-corrected chi connectivity index (χ0v) is 21.1. The third-order valence-electron chi connectivity index (χ3n) is 7.42. The first-order valence-electron chi connectivity index (χ1n) is 13.0. The molecule has 35 heavy (non-hydrogen) atoms. The maximum absolute atomic E-state index is 15.1. The van der Waals surface area contributed by atoms with Crippen LogP contribution >= 0.6 is 0 Å². The second-order valence-corrected chi connectivity index (χ2v) is 10.0. The quantitative estimate of drug-likeness (QED) is 0.295. The lowest BCUT2D eigenvalue weighted by Crippen LogP contribution is -2.63. The summed E-state index contributed by atoms with van der Waals surface area (Å²) in [6.45, 7) is 9.79. The van der Waals surface area contributed by atoms with E-state index in [1.165, 1.54) is 12.4 Å². The van der Waals surface area contributed by atoms with Gasteiger partial charge < -0.3 is 21.5 Å². The first-order valence-corrected chi connectivity index (χ1v) is 13.0. The number of halogens is 2. The van der Waals surface area contributed by atoms with Crippen LogP contribution in [-0.2, 0) is 9.53 Å². The fourth-order valence-electron chi connectivity index (χ4n) is 5.28. The van der Waals surface area contributed by atoms with E-state index in [2.05, 4.69) is 25.1 Å². The van der Waals surface area contributed by atoms with E-state index in [1.54, 1.807) is 13.8 Å². The molecular weight excluding hydrogens is 456 g/mol. The van der Waals surface area contributed by atoms with Gasteiger partial charge in [0.25, 0.3) is 0 Å². The van der Waals surface area contributed by atoms with Crippen molar-refractivity contribution in [2.45, 2.75) is 69.7 Å². The predicted molar refractivity (Wildman–Crippen MR) is 134 cm³/mol. The molecule has 0 aromatic carbocycles. The van der Waals surface area contributed by atoms with E-state index in [9.17, 15) is 9.18 Å². The minimum Gasteiger partial charge on any atom is -0.379 e. The number of nitrogens with two attached hydrogens (primary N) is 2. The van der Waals surface area contributed by atoms with Crippen molar-refractivity contribution >= 4 is 18.3 Å². The highest BCUT2D eigenvalue weighted by Gasteiger charge is 2.40. The molecule has 5 N–H and O–H groups in total. The van der Waals surface area contributed by atoms with Gasteiger partial charge in [-0.1, -0.05) is 6.92 Å². The monoisotopic (exact) mass is 499 g/mol. The third kappa shape index (κ3) is 7.98. The van der Waals surface area contributed by atoms with Gasteiger partial charge in [0, 0.05) is 32.1 Å². The number of aliphatic imine (C=N–C) groups is 2. The number of hydrogen-bond donors (Lipinski definition) is 3. The van der Waals surface area contributed by atoms with Crippen LogP contribution in [0.25, 0.3) is 0 Å². The molecular formula is C24H43F2N7O2. The summed E-state index contributed by atoms with van der Waals surface area (Å²) in [5.41, 5.74) is 11.8. The number of nitrogens with zero attached hydrogens (tertiary/aromatic N) is 4. The van der Waals surface area contributed by atoms with Gasteiger partial charge in [0.05, 0.1) is 50.0 Å². The Hall–Kier alpha value is -1.53. The normalized spacial score (nSPS) is 30.0. The molecule has 9 nitrogen and oxygen atoms in total. The summed E-state index contributed by atoms with van der Waals surface area (Å²) in [7, 11) is 0. The molecule has 1 amide bonds. The van der Waals surface area contributed by atoms with Crippen molar-refractivity contribution in [1.82, 2.24) is 15.1 Å². The Balaban J connectivity index is 1.60. The van der Waals surface area contributed by atoms with Gasteiger partial charge in [0.2, 0.25) is 5.91 Å². The van der Waals surface area contributed by atoms with Crippen molar-refractivity contribution in [2.75, 3.05) is 52.5 Å². The highest BCUT2D eigenvalue weighted by molar-refractivity contribution is 5.81. The average molecular weight is 500 g/mol. The standard InChI is InChI=1S/C24H43F2N7O2/c1-3-18(25)12-30-16(2)21(23(27)28)24(34)31-20-14-29-13-19(26)22(20)33-6-4-17(5-7-33)15-32-8-10-35-11-9-32/h12-13,16-23H,3-11,14-15,27-28H2,1-2H3,(H,31,34)/b30-12-. The van der Waals surface area contributed by atoms with Gasteiger partial charge in [-0.3, -0.25) is 24.6 Å². The van der Waals surface area contributed by atoms with Gasteiger partial charge >= 0.3 is 0 Å². The van der Waals surface area contributed by atoms with Crippen LogP contribution < -0.4 is 16.8 Å². The van der Waals surface area contributed by atoms with Crippen molar-refractivity contribution in [3.63, 3.8) is 0 Å². The molecule has 0 radical (unpaired) electrons. The number of piperidine rings is 1. The smallest absolute Gasteiger partial charge is 0.228 e. The Kier molecular flexibility index (Phi) is 11.0. The van der Waals surface area contributed by atoms with Crippen LogP contribution in [0.4, 0.5) is 8.78 Å². The van der Waals surface area contributed by atoms with Crippen LogP contribution in [0.1, 0.15) is 33.1 Å². The Morgan fingerprint density at radius 2 is 1.97 bits per heavy atom. The van der Waals surface area contributed by atoms with Crippen LogP contribution in [0, 0.1) is 11.8 Å². The molecule has 0 aliphatic carbocycles. The van der Waals surface area contributed by atoms with E-state index in [1.807, 2.05) is 0 Å². The van der Waals surface area contributed by atoms with Gasteiger partial charge in [0.1, 0.15) is 6.17 Å². The van der Waals surface area contributed by atoms with Crippen LogP contribution in [-0.4, -0.2) is 117 Å². The van der Waals surface area contributed by atoms with Gasteiger partial charge in [-0.05, 0) is 45.2 Å². The summed E-state index contributed by atoms with van der Waals surface area (Å²) >= 11 is 0. The van der Waals surface area contributed by atoms with Crippen molar-refractivity contribution < 1.29 is 18.3 Å². The second kappa shape index (κ2) is 13.7. The summed E-state index contributed by atoms with van der Waals surface area (Å²) in [4.78, 5) is 26.1. The SMILES string of the molecule is CCC(F)/C=N\C(C)C(C(=O)NC1CN=CC(F)C1N1CCC(CN2CCOCC2)CC1)C(N)N. The Bertz CT molecular complexity index is 712. The van der Waals surface area contributed by atoms with E-state index in [0.717, 1.165) is 58.8 Å². The number of alkyl halides is 2. The lowest BCUT2D eigenvalue weighted by molar-refractivity contribution is -0.127. The van der Waals surface area contributed by atoms with Gasteiger partial charge in [-0.2, -0.15) is 0 Å².